The van der Waals surface area contributed by atoms with Crippen molar-refractivity contribution in [1.29, 1.82) is 0 Å². The largest absolute Gasteiger partial charge is 0.316 e. The van der Waals surface area contributed by atoms with Crippen LogP contribution >= 0.6 is 0 Å². The Kier molecular flexibility index (Phi) is 5.12. The van der Waals surface area contributed by atoms with E-state index < -0.39 is 22.9 Å². The third kappa shape index (κ3) is 3.82. The number of carbonyl (C=O) groups excluding carboxylic acids is 1. The van der Waals surface area contributed by atoms with Crippen molar-refractivity contribution in [2.24, 2.45) is 0 Å². The van der Waals surface area contributed by atoms with E-state index in [9.17, 15) is 23.7 Å². The quantitative estimate of drug-likeness (QED) is 0.367. The third-order valence-corrected chi connectivity index (χ3v) is 4.64. The van der Waals surface area contributed by atoms with Gasteiger partial charge in [-0.1, -0.05) is 36.4 Å². The molecule has 156 valence electrons. The highest BCUT2D eigenvalue weighted by molar-refractivity contribution is 6.09. The van der Waals surface area contributed by atoms with E-state index in [1.807, 2.05) is 0 Å². The Hall–Kier alpha value is -4.21. The molecule has 0 aliphatic heterocycles. The second-order valence-electron chi connectivity index (χ2n) is 6.76. The lowest BCUT2D eigenvalue weighted by Gasteiger charge is -2.09. The van der Waals surface area contributed by atoms with Crippen LogP contribution < -0.4 is 5.32 Å². The Bertz CT molecular complexity index is 1310. The number of anilines is 1. The monoisotopic (exact) mass is 423 g/mol. The first-order valence-electron chi connectivity index (χ1n) is 9.14. The van der Waals surface area contributed by atoms with Crippen molar-refractivity contribution >= 4 is 22.9 Å². The molecule has 1 amide bonds. The number of hydrogen-bond donors (Lipinski definition) is 1. The van der Waals surface area contributed by atoms with Crippen LogP contribution in [0, 0.1) is 17.0 Å². The molecule has 0 radical (unpaired) electrons. The normalized spacial score (nSPS) is 11.1. The van der Waals surface area contributed by atoms with Crippen LogP contribution in [0.25, 0.3) is 16.9 Å². The van der Waals surface area contributed by atoms with Crippen LogP contribution in [0.4, 0.5) is 20.2 Å². The maximum atomic E-state index is 13.7. The number of rotatable bonds is 5. The standard InChI is InChI=1S/C21H15F2N5O3/c1-12-7-8-15(17(9-12)28(30)31)26-21(29)14-11-24-27-18(19(22)23)10-16(25-20(14)27)13-5-3-2-4-6-13/h2-11,19H,1H3,(H,26,29). The van der Waals surface area contributed by atoms with Gasteiger partial charge in [0, 0.05) is 11.6 Å². The molecule has 4 aromatic rings. The predicted molar refractivity (Wildman–Crippen MR) is 109 cm³/mol. The minimum absolute atomic E-state index is 0.0201. The summed E-state index contributed by atoms with van der Waals surface area (Å²) in [6, 6.07) is 14.2. The summed E-state index contributed by atoms with van der Waals surface area (Å²) in [7, 11) is 0. The molecule has 0 unspecified atom stereocenters. The summed E-state index contributed by atoms with van der Waals surface area (Å²) in [4.78, 5) is 27.9. The van der Waals surface area contributed by atoms with Gasteiger partial charge in [-0.3, -0.25) is 14.9 Å². The lowest BCUT2D eigenvalue weighted by molar-refractivity contribution is -0.384. The van der Waals surface area contributed by atoms with Crippen molar-refractivity contribution in [3.63, 3.8) is 0 Å². The number of nitro benzene ring substituents is 1. The fraction of sp³-hybridized carbons (Fsp3) is 0.0952. The molecule has 0 atom stereocenters. The van der Waals surface area contributed by atoms with Crippen molar-refractivity contribution < 1.29 is 18.5 Å². The van der Waals surface area contributed by atoms with Crippen LogP contribution in [0.15, 0.2) is 60.8 Å². The molecule has 0 aliphatic carbocycles. The summed E-state index contributed by atoms with van der Waals surface area (Å²) < 4.78 is 28.2. The molecule has 8 nitrogen and oxygen atoms in total. The zero-order valence-corrected chi connectivity index (χ0v) is 16.1. The van der Waals surface area contributed by atoms with Crippen LogP contribution in [0.2, 0.25) is 0 Å². The van der Waals surface area contributed by atoms with Gasteiger partial charge in [0.25, 0.3) is 18.0 Å². The maximum absolute atomic E-state index is 13.7. The molecule has 10 heteroatoms. The minimum Gasteiger partial charge on any atom is -0.316 e. The molecule has 2 heterocycles. The molecule has 0 saturated heterocycles. The van der Waals surface area contributed by atoms with Crippen molar-refractivity contribution in [1.82, 2.24) is 14.6 Å². The fourth-order valence-electron chi connectivity index (χ4n) is 3.15. The van der Waals surface area contributed by atoms with Crippen LogP contribution in [0.3, 0.4) is 0 Å². The first-order valence-corrected chi connectivity index (χ1v) is 9.14. The lowest BCUT2D eigenvalue weighted by Crippen LogP contribution is -2.14. The molecule has 0 aliphatic rings. The summed E-state index contributed by atoms with van der Waals surface area (Å²) in [5.41, 5.74) is 0.594. The Morgan fingerprint density at radius 3 is 2.58 bits per heavy atom. The summed E-state index contributed by atoms with van der Waals surface area (Å²) in [5, 5.41) is 17.7. The first-order chi connectivity index (χ1) is 14.8. The Balaban J connectivity index is 1.81. The van der Waals surface area contributed by atoms with E-state index in [0.29, 0.717) is 11.1 Å². The molecule has 4 rings (SSSR count). The zero-order valence-electron chi connectivity index (χ0n) is 16.1. The maximum Gasteiger partial charge on any atom is 0.293 e. The van der Waals surface area contributed by atoms with E-state index >= 15 is 0 Å². The average Bonchev–Trinajstić information content (AvgIpc) is 3.18. The first kappa shape index (κ1) is 20.1. The molecule has 0 saturated carbocycles. The average molecular weight is 423 g/mol. The van der Waals surface area contributed by atoms with Gasteiger partial charge in [0.15, 0.2) is 5.65 Å². The van der Waals surface area contributed by atoms with Crippen LogP contribution in [-0.4, -0.2) is 25.4 Å². The highest BCUT2D eigenvalue weighted by Crippen LogP contribution is 2.29. The number of aromatic nitrogens is 3. The molecule has 0 fully saturated rings. The number of carbonyl (C=O) groups is 1. The van der Waals surface area contributed by atoms with Crippen LogP contribution in [0.1, 0.15) is 28.0 Å². The number of alkyl halides is 2. The summed E-state index contributed by atoms with van der Waals surface area (Å²) in [6.07, 6.45) is -1.75. The van der Waals surface area contributed by atoms with Crippen LogP contribution in [0.5, 0.6) is 0 Å². The van der Waals surface area contributed by atoms with E-state index in [2.05, 4.69) is 15.4 Å². The van der Waals surface area contributed by atoms with Gasteiger partial charge in [-0.2, -0.15) is 5.10 Å². The molecule has 2 aromatic carbocycles. The minimum atomic E-state index is -2.86. The van der Waals surface area contributed by atoms with Gasteiger partial charge in [-0.05, 0) is 24.6 Å². The number of halogens is 2. The number of hydrogen-bond acceptors (Lipinski definition) is 5. The number of amides is 1. The van der Waals surface area contributed by atoms with E-state index in [1.54, 1.807) is 43.3 Å². The molecular weight excluding hydrogens is 408 g/mol. The second kappa shape index (κ2) is 7.90. The number of benzene rings is 2. The molecule has 2 aromatic heterocycles. The zero-order chi connectivity index (χ0) is 22.1. The van der Waals surface area contributed by atoms with Crippen molar-refractivity contribution in [3.05, 3.63) is 87.7 Å². The van der Waals surface area contributed by atoms with Crippen molar-refractivity contribution in [2.45, 2.75) is 13.3 Å². The Labute approximate surface area is 174 Å². The van der Waals surface area contributed by atoms with E-state index in [1.165, 1.54) is 18.2 Å². The van der Waals surface area contributed by atoms with Crippen molar-refractivity contribution in [3.8, 4) is 11.3 Å². The highest BCUT2D eigenvalue weighted by Gasteiger charge is 2.23. The molecule has 0 bridgehead atoms. The van der Waals surface area contributed by atoms with Gasteiger partial charge in [0.05, 0.1) is 16.8 Å². The van der Waals surface area contributed by atoms with E-state index in [0.717, 1.165) is 10.7 Å². The SMILES string of the molecule is Cc1ccc(NC(=O)c2cnn3c(C(F)F)cc(-c4ccccc4)nc23)c([N+](=O)[O-])c1. The van der Waals surface area contributed by atoms with Crippen molar-refractivity contribution in [2.75, 3.05) is 5.32 Å². The number of aryl methyl sites for hydroxylation is 1. The number of nitrogens with one attached hydrogen (secondary N) is 1. The topological polar surface area (TPSA) is 102 Å². The molecule has 1 N–H and O–H groups in total. The van der Waals surface area contributed by atoms with Gasteiger partial charge in [-0.25, -0.2) is 18.3 Å². The van der Waals surface area contributed by atoms with Gasteiger partial charge in [-0.15, -0.1) is 0 Å². The van der Waals surface area contributed by atoms with Gasteiger partial charge in [0.2, 0.25) is 0 Å². The predicted octanol–water partition coefficient (Wildman–Crippen LogP) is 4.80. The molecule has 31 heavy (non-hydrogen) atoms. The highest BCUT2D eigenvalue weighted by atomic mass is 19.3. The van der Waals surface area contributed by atoms with E-state index in [4.69, 9.17) is 0 Å². The number of nitro groups is 1. The Morgan fingerprint density at radius 2 is 1.90 bits per heavy atom. The number of nitrogens with zero attached hydrogens (tertiary/aromatic N) is 4. The smallest absolute Gasteiger partial charge is 0.293 e. The summed E-state index contributed by atoms with van der Waals surface area (Å²) in [6.45, 7) is 1.69. The third-order valence-electron chi connectivity index (χ3n) is 4.64. The molecular formula is C21H15F2N5O3. The van der Waals surface area contributed by atoms with E-state index in [-0.39, 0.29) is 28.3 Å². The summed E-state index contributed by atoms with van der Waals surface area (Å²) in [5.74, 6) is -0.750. The van der Waals surface area contributed by atoms with Gasteiger partial charge >= 0.3 is 0 Å². The number of fused-ring (bicyclic) bond motifs is 1. The van der Waals surface area contributed by atoms with Gasteiger partial charge < -0.3 is 5.32 Å². The summed E-state index contributed by atoms with van der Waals surface area (Å²) >= 11 is 0. The molecule has 0 spiro atoms. The Morgan fingerprint density at radius 1 is 1.16 bits per heavy atom. The van der Waals surface area contributed by atoms with Gasteiger partial charge in [0.1, 0.15) is 16.9 Å². The second-order valence-corrected chi connectivity index (χ2v) is 6.76. The van der Waals surface area contributed by atoms with Crippen LogP contribution in [-0.2, 0) is 0 Å². The lowest BCUT2D eigenvalue weighted by atomic mass is 10.1. The fourth-order valence-corrected chi connectivity index (χ4v) is 3.15.